The van der Waals surface area contributed by atoms with E-state index in [1.54, 1.807) is 0 Å². The Hall–Kier alpha value is -8.36. The maximum absolute atomic E-state index is 5.19. The van der Waals surface area contributed by atoms with E-state index < -0.39 is 0 Å². The topological polar surface area (TPSA) is 103 Å². The number of aryl methyl sites for hydroxylation is 4. The van der Waals surface area contributed by atoms with Crippen molar-refractivity contribution in [2.24, 2.45) is 0 Å². The zero-order chi connectivity index (χ0) is 43.6. The van der Waals surface area contributed by atoms with Crippen LogP contribution in [0.3, 0.4) is 0 Å². The summed E-state index contributed by atoms with van der Waals surface area (Å²) in [6, 6.07) is 62.2. The van der Waals surface area contributed by atoms with Crippen LogP contribution in [0.1, 0.15) is 22.8 Å². The first-order valence-corrected chi connectivity index (χ1v) is 21.3. The standard InChI is InChI=1S/C56H42N8/c1-35-29-31-45(37(3)57-35)53-51(39-17-7-5-8-18-39)59-55(63-61-53)43-23-15-21-41(33-43)47-25-11-13-27-49(47)50-28-14-12-26-48(50)42-22-16-24-44(34-42)56-60-52(40-19-9-6-10-20-40)54(62-64-56)46-32-30-36(2)58-38(46)4/h5-34H,1-4H3. The Bertz CT molecular complexity index is 3110. The summed E-state index contributed by atoms with van der Waals surface area (Å²) >= 11 is 0. The monoisotopic (exact) mass is 826 g/mol. The van der Waals surface area contributed by atoms with Crippen molar-refractivity contribution >= 4 is 0 Å². The molecule has 8 heteroatoms. The first-order valence-electron chi connectivity index (χ1n) is 21.3. The molecule has 0 saturated heterocycles. The maximum Gasteiger partial charge on any atom is 0.182 e. The van der Waals surface area contributed by atoms with Crippen molar-refractivity contribution in [1.29, 1.82) is 0 Å². The predicted molar refractivity (Wildman–Crippen MR) is 257 cm³/mol. The SMILES string of the molecule is Cc1ccc(-c2nnc(-c3cccc(-c4ccccc4-c4ccccc4-c4cccc(-c5nnc(-c6ccc(C)nc6C)c(-c6ccccc6)n5)c4)c3)nc2-c2ccccc2)c(C)n1. The average molecular weight is 827 g/mol. The molecular weight excluding hydrogens is 785 g/mol. The summed E-state index contributed by atoms with van der Waals surface area (Å²) in [6.07, 6.45) is 0. The quantitative estimate of drug-likeness (QED) is 0.142. The van der Waals surface area contributed by atoms with Crippen molar-refractivity contribution in [3.8, 4) is 101 Å². The van der Waals surface area contributed by atoms with Crippen molar-refractivity contribution < 1.29 is 0 Å². The highest BCUT2D eigenvalue weighted by molar-refractivity contribution is 5.93. The van der Waals surface area contributed by atoms with Gasteiger partial charge in [-0.1, -0.05) is 146 Å². The first-order chi connectivity index (χ1) is 31.4. The molecule has 0 amide bonds. The molecule has 0 aliphatic carbocycles. The molecule has 0 N–H and O–H groups in total. The number of nitrogens with zero attached hydrogens (tertiary/aromatic N) is 8. The van der Waals surface area contributed by atoms with Gasteiger partial charge in [0.25, 0.3) is 0 Å². The van der Waals surface area contributed by atoms with Crippen molar-refractivity contribution in [2.75, 3.05) is 0 Å². The molecule has 10 aromatic rings. The second-order valence-electron chi connectivity index (χ2n) is 15.8. The van der Waals surface area contributed by atoms with Gasteiger partial charge in [-0.3, -0.25) is 9.97 Å². The fourth-order valence-electron chi connectivity index (χ4n) is 8.32. The molecule has 0 fully saturated rings. The smallest absolute Gasteiger partial charge is 0.182 e. The molecule has 6 aromatic carbocycles. The van der Waals surface area contributed by atoms with Gasteiger partial charge in [-0.05, 0) is 97.5 Å². The van der Waals surface area contributed by atoms with Crippen LogP contribution < -0.4 is 0 Å². The molecule has 0 aliphatic rings. The minimum absolute atomic E-state index is 0.544. The molecule has 0 unspecified atom stereocenters. The molecule has 0 radical (unpaired) electrons. The van der Waals surface area contributed by atoms with Crippen molar-refractivity contribution in [1.82, 2.24) is 40.3 Å². The number of benzene rings is 6. The van der Waals surface area contributed by atoms with Crippen LogP contribution in [-0.4, -0.2) is 40.3 Å². The van der Waals surface area contributed by atoms with E-state index in [1.165, 1.54) is 0 Å². The van der Waals surface area contributed by atoms with Gasteiger partial charge >= 0.3 is 0 Å². The molecule has 0 spiro atoms. The molecule has 0 atom stereocenters. The van der Waals surface area contributed by atoms with Gasteiger partial charge in [0.2, 0.25) is 0 Å². The fraction of sp³-hybridized carbons (Fsp3) is 0.0714. The van der Waals surface area contributed by atoms with Crippen LogP contribution in [0.2, 0.25) is 0 Å². The minimum Gasteiger partial charge on any atom is -0.258 e. The van der Waals surface area contributed by atoms with Crippen LogP contribution in [0.4, 0.5) is 0 Å². The van der Waals surface area contributed by atoms with Gasteiger partial charge < -0.3 is 0 Å². The Labute approximate surface area is 372 Å². The number of hydrogen-bond donors (Lipinski definition) is 0. The fourth-order valence-corrected chi connectivity index (χ4v) is 8.32. The highest BCUT2D eigenvalue weighted by Crippen LogP contribution is 2.40. The first kappa shape index (κ1) is 39.8. The number of aromatic nitrogens is 8. The lowest BCUT2D eigenvalue weighted by Gasteiger charge is -2.16. The number of rotatable bonds is 9. The Balaban J connectivity index is 1.03. The summed E-state index contributed by atoms with van der Waals surface area (Å²) < 4.78 is 0. The highest BCUT2D eigenvalue weighted by atomic mass is 15.2. The van der Waals surface area contributed by atoms with Gasteiger partial charge in [0.05, 0.1) is 0 Å². The molecule has 4 heterocycles. The lowest BCUT2D eigenvalue weighted by molar-refractivity contribution is 0.985. The molecule has 0 bridgehead atoms. The average Bonchev–Trinajstić information content (AvgIpc) is 3.34. The van der Waals surface area contributed by atoms with Gasteiger partial charge in [-0.2, -0.15) is 0 Å². The zero-order valence-electron chi connectivity index (χ0n) is 35.9. The second kappa shape index (κ2) is 17.2. The molecule has 8 nitrogen and oxygen atoms in total. The van der Waals surface area contributed by atoms with Gasteiger partial charge in [0, 0.05) is 56.2 Å². The van der Waals surface area contributed by atoms with Crippen LogP contribution in [0.25, 0.3) is 101 Å². The normalized spacial score (nSPS) is 11.1. The van der Waals surface area contributed by atoms with Gasteiger partial charge in [-0.25, -0.2) is 9.97 Å². The van der Waals surface area contributed by atoms with Gasteiger partial charge in [-0.15, -0.1) is 20.4 Å². The van der Waals surface area contributed by atoms with Crippen molar-refractivity contribution in [3.05, 3.63) is 205 Å². The van der Waals surface area contributed by atoms with Crippen LogP contribution in [0.5, 0.6) is 0 Å². The third-order valence-corrected chi connectivity index (χ3v) is 11.4. The Morgan fingerprint density at radius 2 is 0.609 bits per heavy atom. The van der Waals surface area contributed by atoms with E-state index in [9.17, 15) is 0 Å². The maximum atomic E-state index is 5.19. The summed E-state index contributed by atoms with van der Waals surface area (Å²) in [6.45, 7) is 7.98. The van der Waals surface area contributed by atoms with E-state index in [0.717, 1.165) is 101 Å². The molecule has 0 saturated carbocycles. The lowest BCUT2D eigenvalue weighted by atomic mass is 9.88. The van der Waals surface area contributed by atoms with Gasteiger partial charge in [0.1, 0.15) is 22.8 Å². The Morgan fingerprint density at radius 1 is 0.250 bits per heavy atom. The van der Waals surface area contributed by atoms with E-state index in [0.29, 0.717) is 23.0 Å². The molecule has 4 aromatic heterocycles. The summed E-state index contributed by atoms with van der Waals surface area (Å²) in [7, 11) is 0. The molecule has 0 aliphatic heterocycles. The molecule has 10 rings (SSSR count). The summed E-state index contributed by atoms with van der Waals surface area (Å²) in [4.78, 5) is 19.8. The van der Waals surface area contributed by atoms with Gasteiger partial charge in [0.15, 0.2) is 11.6 Å². The third-order valence-electron chi connectivity index (χ3n) is 11.4. The van der Waals surface area contributed by atoms with E-state index in [4.69, 9.17) is 40.3 Å². The third kappa shape index (κ3) is 7.85. The summed E-state index contributed by atoms with van der Waals surface area (Å²) in [5, 5.41) is 19.1. The largest absolute Gasteiger partial charge is 0.258 e. The zero-order valence-corrected chi connectivity index (χ0v) is 35.9. The second-order valence-corrected chi connectivity index (χ2v) is 15.8. The molecular formula is C56H42N8. The van der Waals surface area contributed by atoms with Crippen LogP contribution in [0.15, 0.2) is 182 Å². The Kier molecular flexibility index (Phi) is 10.7. The Morgan fingerprint density at radius 3 is 1.02 bits per heavy atom. The van der Waals surface area contributed by atoms with E-state index in [1.807, 2.05) is 88.4 Å². The summed E-state index contributed by atoms with van der Waals surface area (Å²) in [5.74, 6) is 1.09. The molecule has 306 valence electrons. The van der Waals surface area contributed by atoms with Crippen molar-refractivity contribution in [3.63, 3.8) is 0 Å². The van der Waals surface area contributed by atoms with E-state index >= 15 is 0 Å². The van der Waals surface area contributed by atoms with Crippen LogP contribution >= 0.6 is 0 Å². The summed E-state index contributed by atoms with van der Waals surface area (Å²) in [5.41, 5.74) is 18.5. The number of pyridine rings is 2. The lowest BCUT2D eigenvalue weighted by Crippen LogP contribution is -2.02. The van der Waals surface area contributed by atoms with Crippen LogP contribution in [0, 0.1) is 27.7 Å². The molecule has 64 heavy (non-hydrogen) atoms. The minimum atomic E-state index is 0.544. The highest BCUT2D eigenvalue weighted by Gasteiger charge is 2.20. The van der Waals surface area contributed by atoms with Crippen LogP contribution in [-0.2, 0) is 0 Å². The predicted octanol–water partition coefficient (Wildman–Crippen LogP) is 13.1. The number of hydrogen-bond acceptors (Lipinski definition) is 8. The van der Waals surface area contributed by atoms with E-state index in [2.05, 4.69) is 121 Å². The van der Waals surface area contributed by atoms with E-state index in [-0.39, 0.29) is 0 Å². The van der Waals surface area contributed by atoms with Crippen molar-refractivity contribution in [2.45, 2.75) is 27.7 Å².